The molecule has 0 aliphatic heterocycles. The SMILES string of the molecule is O=C(CC1(C(=O)NCc2ccc(Nc3ccccc3C(F)(F)F)cc2)CC1)c1ccno1. The van der Waals surface area contributed by atoms with Crippen LogP contribution in [0.25, 0.3) is 0 Å². The van der Waals surface area contributed by atoms with Crippen molar-refractivity contribution >= 4 is 23.1 Å². The van der Waals surface area contributed by atoms with Gasteiger partial charge < -0.3 is 15.2 Å². The van der Waals surface area contributed by atoms with Crippen molar-refractivity contribution in [2.24, 2.45) is 5.41 Å². The van der Waals surface area contributed by atoms with Crippen molar-refractivity contribution < 1.29 is 27.3 Å². The van der Waals surface area contributed by atoms with Crippen LogP contribution in [-0.4, -0.2) is 16.8 Å². The number of hydrogen-bond acceptors (Lipinski definition) is 5. The summed E-state index contributed by atoms with van der Waals surface area (Å²) in [7, 11) is 0. The maximum atomic E-state index is 13.1. The van der Waals surface area contributed by atoms with Crippen LogP contribution in [0.2, 0.25) is 0 Å². The van der Waals surface area contributed by atoms with E-state index in [1.165, 1.54) is 30.5 Å². The summed E-state index contributed by atoms with van der Waals surface area (Å²) in [6.07, 6.45) is -1.76. The molecule has 9 heteroatoms. The van der Waals surface area contributed by atoms with Gasteiger partial charge in [0.1, 0.15) is 0 Å². The van der Waals surface area contributed by atoms with Crippen LogP contribution in [0.5, 0.6) is 0 Å². The van der Waals surface area contributed by atoms with Gasteiger partial charge in [-0.15, -0.1) is 0 Å². The molecule has 0 atom stereocenters. The average molecular weight is 443 g/mol. The van der Waals surface area contributed by atoms with Gasteiger partial charge >= 0.3 is 6.18 Å². The Morgan fingerprint density at radius 1 is 1.03 bits per heavy atom. The maximum absolute atomic E-state index is 13.1. The van der Waals surface area contributed by atoms with Crippen LogP contribution in [0.4, 0.5) is 24.5 Å². The molecule has 0 saturated heterocycles. The van der Waals surface area contributed by atoms with Gasteiger partial charge in [0.15, 0.2) is 0 Å². The Balaban J connectivity index is 1.34. The van der Waals surface area contributed by atoms with Gasteiger partial charge in [0.2, 0.25) is 17.5 Å². The first-order valence-corrected chi connectivity index (χ1v) is 10.0. The summed E-state index contributed by atoms with van der Waals surface area (Å²) >= 11 is 0. The van der Waals surface area contributed by atoms with E-state index >= 15 is 0 Å². The number of Topliss-reactive ketones (excluding diaryl/α,β-unsaturated/α-hetero) is 1. The van der Waals surface area contributed by atoms with Gasteiger partial charge in [-0.2, -0.15) is 13.2 Å². The third-order valence-corrected chi connectivity index (χ3v) is 5.47. The van der Waals surface area contributed by atoms with Crippen LogP contribution in [0.15, 0.2) is 65.3 Å². The molecule has 1 saturated carbocycles. The summed E-state index contributed by atoms with van der Waals surface area (Å²) in [5.41, 5.74) is -0.218. The molecule has 2 N–H and O–H groups in total. The number of nitrogens with zero attached hydrogens (tertiary/aromatic N) is 1. The lowest BCUT2D eigenvalue weighted by Crippen LogP contribution is -2.33. The molecule has 6 nitrogen and oxygen atoms in total. The molecule has 0 spiro atoms. The monoisotopic (exact) mass is 443 g/mol. The van der Waals surface area contributed by atoms with Crippen molar-refractivity contribution in [1.82, 2.24) is 10.5 Å². The Morgan fingerprint density at radius 2 is 1.75 bits per heavy atom. The molecule has 1 amide bonds. The zero-order valence-corrected chi connectivity index (χ0v) is 16.9. The lowest BCUT2D eigenvalue weighted by molar-refractivity contribution is -0.137. The molecule has 4 rings (SSSR count). The summed E-state index contributed by atoms with van der Waals surface area (Å²) in [6, 6.07) is 13.5. The van der Waals surface area contributed by atoms with E-state index in [2.05, 4.69) is 15.8 Å². The Bertz CT molecular complexity index is 1110. The zero-order chi connectivity index (χ0) is 22.8. The largest absolute Gasteiger partial charge is 0.418 e. The minimum atomic E-state index is -4.46. The van der Waals surface area contributed by atoms with Gasteiger partial charge in [-0.25, -0.2) is 0 Å². The highest BCUT2D eigenvalue weighted by Crippen LogP contribution is 2.49. The molecule has 1 fully saturated rings. The fourth-order valence-electron chi connectivity index (χ4n) is 3.46. The van der Waals surface area contributed by atoms with E-state index in [0.29, 0.717) is 18.5 Å². The third-order valence-electron chi connectivity index (χ3n) is 5.47. The predicted molar refractivity (Wildman–Crippen MR) is 110 cm³/mol. The topological polar surface area (TPSA) is 84.2 Å². The first-order chi connectivity index (χ1) is 15.3. The fourth-order valence-corrected chi connectivity index (χ4v) is 3.46. The zero-order valence-electron chi connectivity index (χ0n) is 16.9. The quantitative estimate of drug-likeness (QED) is 0.473. The molecule has 3 aromatic rings. The average Bonchev–Trinajstić information content (AvgIpc) is 3.33. The number of ketones is 1. The van der Waals surface area contributed by atoms with Crippen LogP contribution in [-0.2, 0) is 17.5 Å². The number of amides is 1. The number of hydrogen-bond donors (Lipinski definition) is 2. The highest BCUT2D eigenvalue weighted by Gasteiger charge is 2.51. The third kappa shape index (κ3) is 4.82. The first kappa shape index (κ1) is 21.6. The molecular weight excluding hydrogens is 423 g/mol. The highest BCUT2D eigenvalue weighted by atomic mass is 19.4. The van der Waals surface area contributed by atoms with E-state index < -0.39 is 17.2 Å². The molecule has 32 heavy (non-hydrogen) atoms. The smallest absolute Gasteiger partial charge is 0.355 e. The van der Waals surface area contributed by atoms with Crippen molar-refractivity contribution in [3.8, 4) is 0 Å². The number of nitrogens with one attached hydrogen (secondary N) is 2. The molecule has 1 aliphatic carbocycles. The molecule has 0 radical (unpaired) electrons. The van der Waals surface area contributed by atoms with Crippen LogP contribution in [0.1, 0.15) is 40.9 Å². The second-order valence-corrected chi connectivity index (χ2v) is 7.80. The van der Waals surface area contributed by atoms with Crippen molar-refractivity contribution in [2.75, 3.05) is 5.32 Å². The van der Waals surface area contributed by atoms with Gasteiger partial charge in [0.25, 0.3) is 0 Å². The predicted octanol–water partition coefficient (Wildman–Crippen LogP) is 5.11. The van der Waals surface area contributed by atoms with Gasteiger partial charge in [-0.3, -0.25) is 9.59 Å². The summed E-state index contributed by atoms with van der Waals surface area (Å²) in [5.74, 6) is -0.323. The van der Waals surface area contributed by atoms with Crippen LogP contribution in [0.3, 0.4) is 0 Å². The summed E-state index contributed by atoms with van der Waals surface area (Å²) in [6.45, 7) is 0.247. The normalized spacial score (nSPS) is 14.6. The Hall–Kier alpha value is -3.62. The number of rotatable bonds is 8. The Labute approximate surface area is 181 Å². The molecule has 2 aromatic carbocycles. The number of benzene rings is 2. The molecule has 0 unspecified atom stereocenters. The summed E-state index contributed by atoms with van der Waals surface area (Å²) < 4.78 is 44.3. The highest BCUT2D eigenvalue weighted by molar-refractivity contribution is 5.98. The van der Waals surface area contributed by atoms with Gasteiger partial charge in [0.05, 0.1) is 22.9 Å². The molecule has 0 bridgehead atoms. The number of alkyl halides is 3. The van der Waals surface area contributed by atoms with Crippen molar-refractivity contribution in [1.29, 1.82) is 0 Å². The van der Waals surface area contributed by atoms with E-state index in [1.54, 1.807) is 24.3 Å². The number of para-hydroxylation sites is 1. The first-order valence-electron chi connectivity index (χ1n) is 10.0. The number of halogens is 3. The maximum Gasteiger partial charge on any atom is 0.418 e. The fraction of sp³-hybridized carbons (Fsp3) is 0.261. The second kappa shape index (κ2) is 8.49. The Morgan fingerprint density at radius 3 is 2.38 bits per heavy atom. The number of carbonyl (C=O) groups is 2. The van der Waals surface area contributed by atoms with E-state index in [-0.39, 0.29) is 36.1 Å². The minimum absolute atomic E-state index is 0.0341. The van der Waals surface area contributed by atoms with E-state index in [0.717, 1.165) is 11.6 Å². The lowest BCUT2D eigenvalue weighted by Gasteiger charge is -2.15. The van der Waals surface area contributed by atoms with E-state index in [1.807, 2.05) is 0 Å². The number of aromatic nitrogens is 1. The van der Waals surface area contributed by atoms with Crippen molar-refractivity contribution in [3.05, 3.63) is 77.7 Å². The van der Waals surface area contributed by atoms with Gasteiger partial charge in [-0.05, 0) is 42.7 Å². The summed E-state index contributed by atoms with van der Waals surface area (Å²) in [4.78, 5) is 24.8. The molecule has 166 valence electrons. The number of anilines is 2. The lowest BCUT2D eigenvalue weighted by atomic mass is 9.97. The van der Waals surface area contributed by atoms with E-state index in [4.69, 9.17) is 4.52 Å². The van der Waals surface area contributed by atoms with Crippen molar-refractivity contribution in [3.63, 3.8) is 0 Å². The molecule has 1 aromatic heterocycles. The standard InChI is InChI=1S/C23H20F3N3O3/c24-23(25,26)17-3-1-2-4-18(17)29-16-7-5-15(6-8-16)14-27-21(31)22(10-11-22)13-19(30)20-9-12-28-32-20/h1-9,12,29H,10-11,13-14H2,(H,27,31). The van der Waals surface area contributed by atoms with Gasteiger partial charge in [0, 0.05) is 24.7 Å². The van der Waals surface area contributed by atoms with Crippen LogP contribution < -0.4 is 10.6 Å². The van der Waals surface area contributed by atoms with Crippen LogP contribution in [0, 0.1) is 5.41 Å². The van der Waals surface area contributed by atoms with Crippen molar-refractivity contribution in [2.45, 2.75) is 32.0 Å². The van der Waals surface area contributed by atoms with Crippen LogP contribution >= 0.6 is 0 Å². The van der Waals surface area contributed by atoms with E-state index in [9.17, 15) is 22.8 Å². The number of carbonyl (C=O) groups excluding carboxylic acids is 2. The summed E-state index contributed by atoms with van der Waals surface area (Å²) in [5, 5.41) is 9.13. The van der Waals surface area contributed by atoms with Gasteiger partial charge in [-0.1, -0.05) is 29.4 Å². The molecular formula is C23H20F3N3O3. The second-order valence-electron chi connectivity index (χ2n) is 7.80. The minimum Gasteiger partial charge on any atom is -0.355 e. The molecule has 1 heterocycles. The molecule has 1 aliphatic rings. The Kier molecular flexibility index (Phi) is 5.73.